The predicted molar refractivity (Wildman–Crippen MR) is 101 cm³/mol. The first-order valence-electron chi connectivity index (χ1n) is 7.61. The number of thioether (sulfide) groups is 1. The van der Waals surface area contributed by atoms with Gasteiger partial charge in [-0.15, -0.1) is 5.10 Å². The number of amidine groups is 1. The molecule has 0 aliphatic carbocycles. The summed E-state index contributed by atoms with van der Waals surface area (Å²) in [5.74, 6) is -0.408. The van der Waals surface area contributed by atoms with Crippen LogP contribution in [0.2, 0.25) is 5.02 Å². The number of halogens is 2. The second kappa shape index (κ2) is 7.80. The lowest BCUT2D eigenvalue weighted by molar-refractivity contribution is -0.118. The van der Waals surface area contributed by atoms with Crippen LogP contribution in [0.4, 0.5) is 4.39 Å². The van der Waals surface area contributed by atoms with Crippen molar-refractivity contribution in [2.24, 2.45) is 10.2 Å². The molecule has 0 spiro atoms. The van der Waals surface area contributed by atoms with E-state index in [1.165, 1.54) is 23.9 Å². The summed E-state index contributed by atoms with van der Waals surface area (Å²) in [6.45, 7) is 1.84. The van der Waals surface area contributed by atoms with Crippen LogP contribution in [-0.4, -0.2) is 22.0 Å². The molecule has 2 aromatic rings. The Bertz CT molecular complexity index is 834. The van der Waals surface area contributed by atoms with Crippen LogP contribution < -0.4 is 5.32 Å². The van der Waals surface area contributed by atoms with E-state index in [2.05, 4.69) is 15.5 Å². The van der Waals surface area contributed by atoms with Gasteiger partial charge >= 0.3 is 0 Å². The van der Waals surface area contributed by atoms with Crippen LogP contribution in [-0.2, 0) is 11.2 Å². The van der Waals surface area contributed by atoms with E-state index >= 15 is 0 Å². The highest BCUT2D eigenvalue weighted by Crippen LogP contribution is 2.23. The van der Waals surface area contributed by atoms with Gasteiger partial charge in [-0.2, -0.15) is 5.10 Å². The Morgan fingerprint density at radius 1 is 1.20 bits per heavy atom. The van der Waals surface area contributed by atoms with Gasteiger partial charge in [0.25, 0.3) is 0 Å². The van der Waals surface area contributed by atoms with Crippen LogP contribution in [0, 0.1) is 5.82 Å². The van der Waals surface area contributed by atoms with E-state index in [1.54, 1.807) is 24.3 Å². The van der Waals surface area contributed by atoms with Crippen molar-refractivity contribution in [1.82, 2.24) is 5.32 Å². The molecular formula is C18H15ClFN3OS. The summed E-state index contributed by atoms with van der Waals surface area (Å²) >= 11 is 7.19. The molecular weight excluding hydrogens is 361 g/mol. The molecule has 25 heavy (non-hydrogen) atoms. The number of carbonyl (C=O) groups is 1. The summed E-state index contributed by atoms with van der Waals surface area (Å²) in [7, 11) is 0. The van der Waals surface area contributed by atoms with Crippen molar-refractivity contribution in [3.63, 3.8) is 0 Å². The van der Waals surface area contributed by atoms with Crippen molar-refractivity contribution >= 4 is 40.1 Å². The van der Waals surface area contributed by atoms with Crippen molar-refractivity contribution in [2.45, 2.75) is 18.6 Å². The van der Waals surface area contributed by atoms with Crippen LogP contribution in [0.3, 0.4) is 0 Å². The molecule has 1 saturated heterocycles. The topological polar surface area (TPSA) is 53.8 Å². The Morgan fingerprint density at radius 2 is 1.88 bits per heavy atom. The zero-order valence-electron chi connectivity index (χ0n) is 13.4. The molecule has 1 N–H and O–H groups in total. The second-order valence-corrected chi connectivity index (χ2v) is 7.15. The van der Waals surface area contributed by atoms with Gasteiger partial charge in [-0.25, -0.2) is 4.39 Å². The van der Waals surface area contributed by atoms with E-state index in [-0.39, 0.29) is 17.0 Å². The first kappa shape index (κ1) is 17.6. The lowest BCUT2D eigenvalue weighted by Gasteiger charge is -2.04. The van der Waals surface area contributed by atoms with Gasteiger partial charge in [0.2, 0.25) is 5.91 Å². The van der Waals surface area contributed by atoms with E-state index in [9.17, 15) is 9.18 Å². The molecule has 0 bridgehead atoms. The minimum absolute atomic E-state index is 0.118. The molecule has 0 unspecified atom stereocenters. The van der Waals surface area contributed by atoms with E-state index in [1.807, 2.05) is 19.1 Å². The van der Waals surface area contributed by atoms with Crippen LogP contribution in [0.15, 0.2) is 58.7 Å². The zero-order valence-corrected chi connectivity index (χ0v) is 14.9. The summed E-state index contributed by atoms with van der Waals surface area (Å²) < 4.78 is 13.0. The average Bonchev–Trinajstić information content (AvgIpc) is 2.95. The number of hydrogen-bond donors (Lipinski definition) is 1. The molecule has 7 heteroatoms. The largest absolute Gasteiger partial charge is 0.303 e. The van der Waals surface area contributed by atoms with Gasteiger partial charge in [-0.05, 0) is 48.7 Å². The number of rotatable bonds is 4. The fraction of sp³-hybridized carbons (Fsp3) is 0.167. The number of hydrogen-bond acceptors (Lipinski definition) is 4. The van der Waals surface area contributed by atoms with Crippen molar-refractivity contribution in [1.29, 1.82) is 0 Å². The summed E-state index contributed by atoms with van der Waals surface area (Å²) in [4.78, 5) is 12.1. The third-order valence-electron chi connectivity index (χ3n) is 3.66. The summed E-state index contributed by atoms with van der Waals surface area (Å²) in [5, 5.41) is 11.8. The van der Waals surface area contributed by atoms with Crippen LogP contribution >= 0.6 is 23.4 Å². The lowest BCUT2D eigenvalue weighted by Crippen LogP contribution is -2.26. The quantitative estimate of drug-likeness (QED) is 0.647. The van der Waals surface area contributed by atoms with Gasteiger partial charge in [0.1, 0.15) is 5.82 Å². The molecule has 3 rings (SSSR count). The van der Waals surface area contributed by atoms with Crippen molar-refractivity contribution in [2.75, 3.05) is 0 Å². The number of nitrogens with zero attached hydrogens (tertiary/aromatic N) is 2. The van der Waals surface area contributed by atoms with Gasteiger partial charge in [0.05, 0.1) is 11.0 Å². The Balaban J connectivity index is 1.66. The third-order valence-corrected chi connectivity index (χ3v) is 4.99. The first-order valence-corrected chi connectivity index (χ1v) is 8.87. The smallest absolute Gasteiger partial charge is 0.239 e. The average molecular weight is 376 g/mol. The predicted octanol–water partition coefficient (Wildman–Crippen LogP) is 4.03. The summed E-state index contributed by atoms with van der Waals surface area (Å²) in [5.41, 5.74) is 2.53. The van der Waals surface area contributed by atoms with Crippen molar-refractivity contribution in [3.05, 3.63) is 70.5 Å². The van der Waals surface area contributed by atoms with Crippen molar-refractivity contribution < 1.29 is 9.18 Å². The van der Waals surface area contributed by atoms with Gasteiger partial charge in [-0.1, -0.05) is 47.6 Å². The van der Waals surface area contributed by atoms with E-state index in [0.717, 1.165) is 16.8 Å². The second-order valence-electron chi connectivity index (χ2n) is 5.52. The first-order chi connectivity index (χ1) is 12.0. The van der Waals surface area contributed by atoms with E-state index in [0.29, 0.717) is 16.6 Å². The Labute approximate surface area is 154 Å². The summed E-state index contributed by atoms with van der Waals surface area (Å²) in [6, 6.07) is 13.4. The molecule has 128 valence electrons. The third kappa shape index (κ3) is 4.67. The Morgan fingerprint density at radius 3 is 2.56 bits per heavy atom. The molecule has 0 saturated carbocycles. The Hall–Kier alpha value is -2.18. The standard InChI is InChI=1S/C18H15ClFN3OS/c1-11(13-4-6-14(19)7-5-13)22-23-18-21-17(24)16(25-18)10-12-2-8-15(20)9-3-12/h2-9,16H,10H2,1H3,(H,21,23,24)/b22-11+/t16-/m1/s1. The highest BCUT2D eigenvalue weighted by atomic mass is 35.5. The zero-order chi connectivity index (χ0) is 17.8. The summed E-state index contributed by atoms with van der Waals surface area (Å²) in [6.07, 6.45) is 0.510. The number of nitrogens with one attached hydrogen (secondary N) is 1. The fourth-order valence-corrected chi connectivity index (χ4v) is 3.38. The molecule has 1 heterocycles. The maximum Gasteiger partial charge on any atom is 0.239 e. The molecule has 0 radical (unpaired) electrons. The minimum atomic E-state index is -0.296. The van der Waals surface area contributed by atoms with Crippen LogP contribution in [0.5, 0.6) is 0 Å². The monoisotopic (exact) mass is 375 g/mol. The lowest BCUT2D eigenvalue weighted by atomic mass is 10.1. The molecule has 1 fully saturated rings. The molecule has 2 aromatic carbocycles. The molecule has 1 aliphatic rings. The SMILES string of the molecule is C/C(=N\N=C1\NC(=O)[C@@H](Cc2ccc(F)cc2)S1)c1ccc(Cl)cc1. The molecule has 4 nitrogen and oxygen atoms in total. The fourth-order valence-electron chi connectivity index (χ4n) is 2.29. The molecule has 1 amide bonds. The minimum Gasteiger partial charge on any atom is -0.303 e. The normalized spacial score (nSPS) is 19.3. The number of benzene rings is 2. The molecule has 0 aromatic heterocycles. The maximum absolute atomic E-state index is 13.0. The number of amides is 1. The highest BCUT2D eigenvalue weighted by molar-refractivity contribution is 8.15. The van der Waals surface area contributed by atoms with E-state index < -0.39 is 0 Å². The van der Waals surface area contributed by atoms with Gasteiger partial charge in [0, 0.05) is 5.02 Å². The van der Waals surface area contributed by atoms with E-state index in [4.69, 9.17) is 11.6 Å². The number of carbonyl (C=O) groups excluding carboxylic acids is 1. The van der Waals surface area contributed by atoms with Gasteiger partial charge in [0.15, 0.2) is 5.17 Å². The van der Waals surface area contributed by atoms with Gasteiger partial charge < -0.3 is 5.32 Å². The van der Waals surface area contributed by atoms with Crippen LogP contribution in [0.25, 0.3) is 0 Å². The molecule has 1 aliphatic heterocycles. The van der Waals surface area contributed by atoms with Gasteiger partial charge in [-0.3, -0.25) is 4.79 Å². The van der Waals surface area contributed by atoms with Crippen molar-refractivity contribution in [3.8, 4) is 0 Å². The molecule has 1 atom stereocenters. The highest BCUT2D eigenvalue weighted by Gasteiger charge is 2.30. The Kier molecular flexibility index (Phi) is 5.50. The van der Waals surface area contributed by atoms with Crippen LogP contribution in [0.1, 0.15) is 18.1 Å². The maximum atomic E-state index is 13.0.